The van der Waals surface area contributed by atoms with Crippen LogP contribution in [0.3, 0.4) is 0 Å². The van der Waals surface area contributed by atoms with E-state index < -0.39 is 0 Å². The van der Waals surface area contributed by atoms with Crippen LogP contribution in [-0.2, 0) is 11.3 Å². The number of methoxy groups -OCH3 is 1. The van der Waals surface area contributed by atoms with Gasteiger partial charge in [0.05, 0.1) is 29.0 Å². The number of thiophene rings is 1. The van der Waals surface area contributed by atoms with Gasteiger partial charge in [0.15, 0.2) is 5.13 Å². The Balaban J connectivity index is 1.45. The van der Waals surface area contributed by atoms with Gasteiger partial charge in [-0.2, -0.15) is 0 Å². The Bertz CT molecular complexity index is 1160. The van der Waals surface area contributed by atoms with Crippen LogP contribution in [0.5, 0.6) is 5.75 Å². The Morgan fingerprint density at radius 1 is 1.35 bits per heavy atom. The highest BCUT2D eigenvalue weighted by Crippen LogP contribution is 2.29. The Morgan fingerprint density at radius 2 is 2.23 bits per heavy atom. The number of hydrogen-bond acceptors (Lipinski definition) is 7. The number of nitrogens with one attached hydrogen (secondary N) is 1. The normalized spacial score (nSPS) is 11.1. The predicted octanol–water partition coefficient (Wildman–Crippen LogP) is 3.11. The van der Waals surface area contributed by atoms with Crippen molar-refractivity contribution in [2.24, 2.45) is 0 Å². The van der Waals surface area contributed by atoms with Crippen LogP contribution in [0.1, 0.15) is 6.42 Å². The molecule has 0 saturated heterocycles. The van der Waals surface area contributed by atoms with Gasteiger partial charge in [0, 0.05) is 13.0 Å². The lowest BCUT2D eigenvalue weighted by Crippen LogP contribution is -2.23. The lowest BCUT2D eigenvalue weighted by Gasteiger charge is -2.05. The van der Waals surface area contributed by atoms with Crippen molar-refractivity contribution in [3.8, 4) is 5.75 Å². The summed E-state index contributed by atoms with van der Waals surface area (Å²) in [5, 5.41) is 5.72. The zero-order valence-electron chi connectivity index (χ0n) is 13.8. The lowest BCUT2D eigenvalue weighted by molar-refractivity contribution is -0.116. The van der Waals surface area contributed by atoms with Crippen LogP contribution in [0.4, 0.5) is 5.13 Å². The number of anilines is 1. The fourth-order valence-corrected chi connectivity index (χ4v) is 4.18. The zero-order valence-corrected chi connectivity index (χ0v) is 15.4. The van der Waals surface area contributed by atoms with E-state index in [1.54, 1.807) is 13.2 Å². The minimum absolute atomic E-state index is 0.129. The maximum atomic E-state index is 12.3. The first-order valence-corrected chi connectivity index (χ1v) is 9.51. The molecule has 0 unspecified atom stereocenters. The standard InChI is InChI=1S/C17H14N4O3S2/c1-24-10-2-3-12-13(8-10)26-17(19-12)20-14(22)4-6-21-9-18-15-11(16(21)23)5-7-25-15/h2-3,5,7-9H,4,6H2,1H3,(H,19,20,22). The number of amides is 1. The second kappa shape index (κ2) is 6.85. The van der Waals surface area contributed by atoms with Crippen LogP contribution >= 0.6 is 22.7 Å². The molecule has 0 saturated carbocycles. The summed E-state index contributed by atoms with van der Waals surface area (Å²) >= 11 is 2.80. The number of rotatable bonds is 5. The van der Waals surface area contributed by atoms with Gasteiger partial charge in [-0.15, -0.1) is 11.3 Å². The van der Waals surface area contributed by atoms with Gasteiger partial charge in [-0.1, -0.05) is 11.3 Å². The summed E-state index contributed by atoms with van der Waals surface area (Å²) in [5.41, 5.74) is 0.672. The molecule has 9 heteroatoms. The molecule has 4 aromatic rings. The Morgan fingerprint density at radius 3 is 3.08 bits per heavy atom. The molecule has 132 valence electrons. The fraction of sp³-hybridized carbons (Fsp3) is 0.176. The lowest BCUT2D eigenvalue weighted by atomic mass is 10.3. The molecule has 4 rings (SSSR count). The second-order valence-electron chi connectivity index (χ2n) is 5.53. The van der Waals surface area contributed by atoms with Crippen molar-refractivity contribution in [2.45, 2.75) is 13.0 Å². The first kappa shape index (κ1) is 16.7. The molecule has 1 aromatic carbocycles. The number of thiazole rings is 1. The van der Waals surface area contributed by atoms with Crippen molar-refractivity contribution in [1.29, 1.82) is 0 Å². The number of aryl methyl sites for hydroxylation is 1. The molecule has 0 spiro atoms. The topological polar surface area (TPSA) is 86.1 Å². The van der Waals surface area contributed by atoms with Gasteiger partial charge in [0.2, 0.25) is 5.91 Å². The van der Waals surface area contributed by atoms with Crippen LogP contribution in [0, 0.1) is 0 Å². The van der Waals surface area contributed by atoms with E-state index in [-0.39, 0.29) is 24.4 Å². The van der Waals surface area contributed by atoms with Crippen molar-refractivity contribution in [3.63, 3.8) is 0 Å². The summed E-state index contributed by atoms with van der Waals surface area (Å²) in [5.74, 6) is 0.545. The van der Waals surface area contributed by atoms with Crippen molar-refractivity contribution < 1.29 is 9.53 Å². The fourth-order valence-electron chi connectivity index (χ4n) is 2.54. The molecule has 0 fully saturated rings. The predicted molar refractivity (Wildman–Crippen MR) is 103 cm³/mol. The van der Waals surface area contributed by atoms with Crippen molar-refractivity contribution in [3.05, 3.63) is 46.3 Å². The van der Waals surface area contributed by atoms with Crippen LogP contribution in [0.2, 0.25) is 0 Å². The van der Waals surface area contributed by atoms with E-state index in [9.17, 15) is 9.59 Å². The van der Waals surface area contributed by atoms with E-state index in [0.717, 1.165) is 16.0 Å². The molecule has 7 nitrogen and oxygen atoms in total. The first-order chi connectivity index (χ1) is 12.6. The summed E-state index contributed by atoms with van der Waals surface area (Å²) < 4.78 is 7.58. The summed E-state index contributed by atoms with van der Waals surface area (Å²) in [6, 6.07) is 7.31. The van der Waals surface area contributed by atoms with E-state index >= 15 is 0 Å². The van der Waals surface area contributed by atoms with E-state index in [1.165, 1.54) is 33.6 Å². The van der Waals surface area contributed by atoms with Gasteiger partial charge in [-0.3, -0.25) is 14.2 Å². The molecular weight excluding hydrogens is 372 g/mol. The van der Waals surface area contributed by atoms with Crippen LogP contribution in [0.25, 0.3) is 20.4 Å². The maximum absolute atomic E-state index is 12.3. The number of fused-ring (bicyclic) bond motifs is 2. The SMILES string of the molecule is COc1ccc2nc(NC(=O)CCn3cnc4sccc4c3=O)sc2c1. The van der Waals surface area contributed by atoms with Crippen LogP contribution in [0.15, 0.2) is 40.8 Å². The Labute approximate surface area is 155 Å². The van der Waals surface area contributed by atoms with E-state index in [4.69, 9.17) is 4.74 Å². The second-order valence-corrected chi connectivity index (χ2v) is 7.46. The van der Waals surface area contributed by atoms with Crippen molar-refractivity contribution >= 4 is 54.1 Å². The average molecular weight is 386 g/mol. The van der Waals surface area contributed by atoms with Gasteiger partial charge < -0.3 is 10.1 Å². The Hall–Kier alpha value is -2.78. The molecule has 0 bridgehead atoms. The Kier molecular flexibility index (Phi) is 4.39. The number of hydrogen-bond donors (Lipinski definition) is 1. The van der Waals surface area contributed by atoms with Gasteiger partial charge in [-0.25, -0.2) is 9.97 Å². The van der Waals surface area contributed by atoms with Gasteiger partial charge >= 0.3 is 0 Å². The van der Waals surface area contributed by atoms with E-state index in [2.05, 4.69) is 15.3 Å². The molecule has 0 aliphatic rings. The highest BCUT2D eigenvalue weighted by Gasteiger charge is 2.10. The van der Waals surface area contributed by atoms with Crippen molar-refractivity contribution in [2.75, 3.05) is 12.4 Å². The third kappa shape index (κ3) is 3.18. The number of nitrogens with zero attached hydrogens (tertiary/aromatic N) is 3. The summed E-state index contributed by atoms with van der Waals surface area (Å²) in [7, 11) is 1.61. The summed E-state index contributed by atoms with van der Waals surface area (Å²) in [4.78, 5) is 33.9. The minimum Gasteiger partial charge on any atom is -0.497 e. The molecule has 3 aromatic heterocycles. The molecule has 1 amide bonds. The molecule has 3 heterocycles. The van der Waals surface area contributed by atoms with Crippen LogP contribution in [-0.4, -0.2) is 27.6 Å². The summed E-state index contributed by atoms with van der Waals surface area (Å²) in [6.07, 6.45) is 1.65. The largest absolute Gasteiger partial charge is 0.497 e. The molecule has 0 atom stereocenters. The van der Waals surface area contributed by atoms with Gasteiger partial charge in [0.25, 0.3) is 5.56 Å². The van der Waals surface area contributed by atoms with E-state index in [0.29, 0.717) is 15.3 Å². The highest BCUT2D eigenvalue weighted by molar-refractivity contribution is 7.22. The van der Waals surface area contributed by atoms with E-state index in [1.807, 2.05) is 23.6 Å². The van der Waals surface area contributed by atoms with Crippen LogP contribution < -0.4 is 15.6 Å². The van der Waals surface area contributed by atoms with Crippen molar-refractivity contribution in [1.82, 2.24) is 14.5 Å². The third-order valence-corrected chi connectivity index (χ3v) is 5.63. The average Bonchev–Trinajstić information content (AvgIpc) is 3.26. The molecular formula is C17H14N4O3S2. The molecule has 0 aliphatic carbocycles. The van der Waals surface area contributed by atoms with Gasteiger partial charge in [0.1, 0.15) is 10.6 Å². The zero-order chi connectivity index (χ0) is 18.1. The quantitative estimate of drug-likeness (QED) is 0.570. The number of ether oxygens (including phenoxy) is 1. The maximum Gasteiger partial charge on any atom is 0.262 e. The third-order valence-electron chi connectivity index (χ3n) is 3.87. The number of aromatic nitrogens is 3. The summed E-state index contributed by atoms with van der Waals surface area (Å²) in [6.45, 7) is 0.266. The van der Waals surface area contributed by atoms with Gasteiger partial charge in [-0.05, 0) is 29.6 Å². The molecule has 0 aliphatic heterocycles. The number of carbonyl (C=O) groups excluding carboxylic acids is 1. The number of carbonyl (C=O) groups is 1. The monoisotopic (exact) mass is 386 g/mol. The first-order valence-electron chi connectivity index (χ1n) is 7.81. The highest BCUT2D eigenvalue weighted by atomic mass is 32.1. The molecule has 26 heavy (non-hydrogen) atoms. The molecule has 0 radical (unpaired) electrons. The molecule has 1 N–H and O–H groups in total. The smallest absolute Gasteiger partial charge is 0.262 e. The number of benzene rings is 1. The minimum atomic E-state index is -0.201.